The maximum Gasteiger partial charge on any atom is 0.335 e. The first-order valence-corrected chi connectivity index (χ1v) is 8.36. The number of aromatic carboxylic acids is 1. The third-order valence-electron chi connectivity index (χ3n) is 2.99. The van der Waals surface area contributed by atoms with Gasteiger partial charge in [0.05, 0.1) is 16.2 Å². The van der Waals surface area contributed by atoms with Crippen molar-refractivity contribution in [2.24, 2.45) is 0 Å². The van der Waals surface area contributed by atoms with Crippen LogP contribution in [0, 0.1) is 0 Å². The molecule has 0 unspecified atom stereocenters. The zero-order valence-electron chi connectivity index (χ0n) is 11.1. The number of thiocarbonyl (C=S) groups is 1. The molecule has 110 valence electrons. The van der Waals surface area contributed by atoms with E-state index >= 15 is 0 Å². The largest absolute Gasteiger partial charge is 0.478 e. The molecule has 0 atom stereocenters. The summed E-state index contributed by atoms with van der Waals surface area (Å²) in [6.07, 6.45) is 1.79. The Kier molecular flexibility index (Phi) is 4.10. The number of hydrogen-bond acceptors (Lipinski definition) is 5. The zero-order chi connectivity index (χ0) is 15.7. The van der Waals surface area contributed by atoms with Crippen LogP contribution >= 0.6 is 35.3 Å². The lowest BCUT2D eigenvalue weighted by Gasteiger charge is -2.14. The van der Waals surface area contributed by atoms with Crippen LogP contribution < -0.4 is 4.90 Å². The number of amides is 1. The first-order chi connectivity index (χ1) is 10.6. The highest BCUT2D eigenvalue weighted by Crippen LogP contribution is 2.36. The number of carbonyl (C=O) groups excluding carboxylic acids is 1. The number of carboxylic acid groups (broad SMARTS) is 1. The summed E-state index contributed by atoms with van der Waals surface area (Å²) >= 11 is 8.03. The molecule has 0 spiro atoms. The summed E-state index contributed by atoms with van der Waals surface area (Å²) in [4.78, 5) is 25.5. The second-order valence-corrected chi connectivity index (χ2v) is 6.89. The highest BCUT2D eigenvalue weighted by molar-refractivity contribution is 8.27. The molecule has 3 rings (SSSR count). The molecule has 0 saturated carbocycles. The average molecular weight is 347 g/mol. The van der Waals surface area contributed by atoms with Crippen LogP contribution in [0.25, 0.3) is 6.08 Å². The summed E-state index contributed by atoms with van der Waals surface area (Å²) in [5.41, 5.74) is 1.54. The summed E-state index contributed by atoms with van der Waals surface area (Å²) in [7, 11) is 0. The Hall–Kier alpha value is -1.96. The Morgan fingerprint density at radius 1 is 1.32 bits per heavy atom. The molecule has 2 heterocycles. The molecule has 2 aromatic rings. The summed E-state index contributed by atoms with van der Waals surface area (Å²) in [6, 6.07) is 8.11. The number of carboxylic acids is 1. The molecule has 0 bridgehead atoms. The standard InChI is InChI=1S/C15H9NO3S3/c17-13-12(6-9-4-5-21-8-9)22-15(20)16(13)11-3-1-2-10(7-11)14(18)19/h1-8H,(H,18,19)/b12-6-. The van der Waals surface area contributed by atoms with Crippen molar-refractivity contribution in [3.63, 3.8) is 0 Å². The second kappa shape index (κ2) is 6.04. The summed E-state index contributed by atoms with van der Waals surface area (Å²) in [6.45, 7) is 0. The molecule has 1 fully saturated rings. The highest BCUT2D eigenvalue weighted by atomic mass is 32.2. The molecule has 0 radical (unpaired) electrons. The summed E-state index contributed by atoms with van der Waals surface area (Å²) in [5, 5.41) is 12.9. The minimum absolute atomic E-state index is 0.119. The predicted octanol–water partition coefficient (Wildman–Crippen LogP) is 3.85. The monoisotopic (exact) mass is 347 g/mol. The SMILES string of the molecule is O=C(O)c1cccc(N2C(=O)/C(=C/c3ccsc3)SC2=S)c1. The molecule has 1 aromatic carbocycles. The Morgan fingerprint density at radius 3 is 2.82 bits per heavy atom. The lowest BCUT2D eigenvalue weighted by Crippen LogP contribution is -2.27. The van der Waals surface area contributed by atoms with Gasteiger partial charge in [-0.15, -0.1) is 0 Å². The number of carbonyl (C=O) groups is 2. The van der Waals surface area contributed by atoms with Crippen molar-refractivity contribution >= 4 is 63.3 Å². The van der Waals surface area contributed by atoms with Crippen molar-refractivity contribution in [2.75, 3.05) is 4.90 Å². The number of thioether (sulfide) groups is 1. The van der Waals surface area contributed by atoms with Crippen LogP contribution in [0.2, 0.25) is 0 Å². The first-order valence-electron chi connectivity index (χ1n) is 6.20. The molecular weight excluding hydrogens is 338 g/mol. The number of nitrogens with zero attached hydrogens (tertiary/aromatic N) is 1. The van der Waals surface area contributed by atoms with Crippen molar-refractivity contribution in [1.82, 2.24) is 0 Å². The van der Waals surface area contributed by atoms with E-state index in [0.29, 0.717) is 14.9 Å². The third kappa shape index (κ3) is 2.83. The van der Waals surface area contributed by atoms with Gasteiger partial charge in [-0.25, -0.2) is 4.79 Å². The van der Waals surface area contributed by atoms with Gasteiger partial charge in [-0.3, -0.25) is 9.69 Å². The number of anilines is 1. The smallest absolute Gasteiger partial charge is 0.335 e. The van der Waals surface area contributed by atoms with Gasteiger partial charge in [0.1, 0.15) is 0 Å². The Bertz CT molecular complexity index is 796. The molecule has 1 aliphatic rings. The van der Waals surface area contributed by atoms with Crippen LogP contribution in [0.15, 0.2) is 46.0 Å². The lowest BCUT2D eigenvalue weighted by atomic mass is 10.2. The number of hydrogen-bond donors (Lipinski definition) is 1. The number of rotatable bonds is 3. The lowest BCUT2D eigenvalue weighted by molar-refractivity contribution is -0.113. The zero-order valence-corrected chi connectivity index (χ0v) is 13.5. The van der Waals surface area contributed by atoms with Gasteiger partial charge in [0.25, 0.3) is 5.91 Å². The van der Waals surface area contributed by atoms with Crippen LogP contribution in [-0.2, 0) is 4.79 Å². The predicted molar refractivity (Wildman–Crippen MR) is 93.4 cm³/mol. The molecule has 4 nitrogen and oxygen atoms in total. The summed E-state index contributed by atoms with van der Waals surface area (Å²) < 4.78 is 0.397. The molecule has 1 saturated heterocycles. The van der Waals surface area contributed by atoms with E-state index in [4.69, 9.17) is 17.3 Å². The van der Waals surface area contributed by atoms with E-state index < -0.39 is 5.97 Å². The van der Waals surface area contributed by atoms with Crippen LogP contribution in [0.1, 0.15) is 15.9 Å². The molecule has 1 aromatic heterocycles. The van der Waals surface area contributed by atoms with Crippen LogP contribution in [0.4, 0.5) is 5.69 Å². The fraction of sp³-hybridized carbons (Fsp3) is 0. The van der Waals surface area contributed by atoms with E-state index in [9.17, 15) is 9.59 Å². The van der Waals surface area contributed by atoms with Gasteiger partial charge >= 0.3 is 5.97 Å². The van der Waals surface area contributed by atoms with Crippen molar-refractivity contribution in [3.05, 3.63) is 57.1 Å². The molecule has 1 aliphatic heterocycles. The van der Waals surface area contributed by atoms with E-state index in [1.165, 1.54) is 28.8 Å². The highest BCUT2D eigenvalue weighted by Gasteiger charge is 2.33. The molecule has 1 N–H and O–H groups in total. The second-order valence-electron chi connectivity index (χ2n) is 4.43. The normalized spacial score (nSPS) is 16.5. The van der Waals surface area contributed by atoms with Gasteiger partial charge in [-0.1, -0.05) is 30.0 Å². The van der Waals surface area contributed by atoms with Gasteiger partial charge in [0, 0.05) is 0 Å². The van der Waals surface area contributed by atoms with E-state index in [-0.39, 0.29) is 11.5 Å². The summed E-state index contributed by atoms with van der Waals surface area (Å²) in [5.74, 6) is -1.27. The quantitative estimate of drug-likeness (QED) is 0.675. The van der Waals surface area contributed by atoms with Crippen molar-refractivity contribution in [1.29, 1.82) is 0 Å². The number of benzene rings is 1. The van der Waals surface area contributed by atoms with E-state index in [1.54, 1.807) is 29.5 Å². The van der Waals surface area contributed by atoms with Gasteiger partial charge in [0.2, 0.25) is 0 Å². The van der Waals surface area contributed by atoms with Crippen molar-refractivity contribution in [2.45, 2.75) is 0 Å². The topological polar surface area (TPSA) is 57.6 Å². The minimum atomic E-state index is -1.04. The minimum Gasteiger partial charge on any atom is -0.478 e. The molecule has 1 amide bonds. The van der Waals surface area contributed by atoms with Gasteiger partial charge < -0.3 is 5.11 Å². The van der Waals surface area contributed by atoms with Crippen molar-refractivity contribution in [3.8, 4) is 0 Å². The molecular formula is C15H9NO3S3. The van der Waals surface area contributed by atoms with Gasteiger partial charge in [-0.05, 0) is 46.7 Å². The van der Waals surface area contributed by atoms with Crippen LogP contribution in [0.3, 0.4) is 0 Å². The maximum atomic E-state index is 12.5. The van der Waals surface area contributed by atoms with E-state index in [1.807, 2.05) is 16.8 Å². The van der Waals surface area contributed by atoms with Gasteiger partial charge in [0.15, 0.2) is 4.32 Å². The molecule has 22 heavy (non-hydrogen) atoms. The number of thiophene rings is 1. The Morgan fingerprint density at radius 2 is 2.14 bits per heavy atom. The van der Waals surface area contributed by atoms with Crippen LogP contribution in [-0.4, -0.2) is 21.3 Å². The Balaban J connectivity index is 1.95. The molecule has 7 heteroatoms. The third-order valence-corrected chi connectivity index (χ3v) is 4.99. The van der Waals surface area contributed by atoms with Gasteiger partial charge in [-0.2, -0.15) is 11.3 Å². The fourth-order valence-corrected chi connectivity index (χ4v) is 3.89. The maximum absolute atomic E-state index is 12.5. The van der Waals surface area contributed by atoms with Crippen molar-refractivity contribution < 1.29 is 14.7 Å². The molecule has 0 aliphatic carbocycles. The average Bonchev–Trinajstić information content (AvgIpc) is 3.08. The first kappa shape index (κ1) is 15.0. The van der Waals surface area contributed by atoms with E-state index in [0.717, 1.165) is 5.56 Å². The van der Waals surface area contributed by atoms with E-state index in [2.05, 4.69) is 0 Å². The van der Waals surface area contributed by atoms with Crippen LogP contribution in [0.5, 0.6) is 0 Å². The Labute approximate surface area is 140 Å². The fourth-order valence-electron chi connectivity index (χ4n) is 1.98.